The summed E-state index contributed by atoms with van der Waals surface area (Å²) in [6, 6.07) is 65.0. The summed E-state index contributed by atoms with van der Waals surface area (Å²) in [4.78, 5) is 2.50. The average Bonchev–Trinajstić information content (AvgIpc) is 3.85. The molecule has 0 bridgehead atoms. The highest BCUT2D eigenvalue weighted by Crippen LogP contribution is 2.55. The Balaban J connectivity index is 1.22. The van der Waals surface area contributed by atoms with Crippen LogP contribution in [0.15, 0.2) is 180 Å². The smallest absolute Gasteiger partial charge is 0.160 e. The minimum absolute atomic E-state index is 0.166. The van der Waals surface area contributed by atoms with E-state index in [0.29, 0.717) is 0 Å². The monoisotopic (exact) mass is 743 g/mol. The molecule has 0 aliphatic heterocycles. The summed E-state index contributed by atoms with van der Waals surface area (Å²) >= 11 is 0. The minimum atomic E-state index is -0.166. The zero-order chi connectivity index (χ0) is 38.9. The lowest BCUT2D eigenvalue weighted by molar-refractivity contribution is 0.660. The van der Waals surface area contributed by atoms with Crippen LogP contribution in [0.4, 0.5) is 17.1 Å². The maximum Gasteiger partial charge on any atom is 0.160 e. The lowest BCUT2D eigenvalue weighted by atomic mass is 9.82. The summed E-state index contributed by atoms with van der Waals surface area (Å²) in [6.07, 6.45) is 0. The molecular formula is C56H41NO. The number of benzene rings is 9. The molecule has 0 saturated heterocycles. The Hall–Kier alpha value is -6.90. The highest BCUT2D eigenvalue weighted by molar-refractivity contribution is 6.31. The second-order valence-electron chi connectivity index (χ2n) is 17.2. The topological polar surface area (TPSA) is 16.4 Å². The molecule has 2 nitrogen and oxygen atoms in total. The number of hydrogen-bond donors (Lipinski definition) is 0. The van der Waals surface area contributed by atoms with Crippen molar-refractivity contribution >= 4 is 60.5 Å². The van der Waals surface area contributed by atoms with Crippen LogP contribution in [0.3, 0.4) is 0 Å². The predicted octanol–water partition coefficient (Wildman–Crippen LogP) is 15.6. The van der Waals surface area contributed by atoms with Crippen LogP contribution in [0.2, 0.25) is 0 Å². The van der Waals surface area contributed by atoms with Crippen molar-refractivity contribution in [2.45, 2.75) is 38.5 Å². The molecule has 1 aromatic heterocycles. The SMILES string of the molecule is CC1(C)c2ccccc2-c2ccc(N(c3ccc4c(c3)C(C)(C)c3ccccc3-4)c3c(-c4ccccc4)ccc4c3oc3c5ccccc5c5ccccc5c43)cc21. The Morgan fingerprint density at radius 1 is 0.362 bits per heavy atom. The largest absolute Gasteiger partial charge is 0.453 e. The fourth-order valence-corrected chi connectivity index (χ4v) is 10.6. The molecule has 0 radical (unpaired) electrons. The van der Waals surface area contributed by atoms with Gasteiger partial charge >= 0.3 is 0 Å². The number of anilines is 3. The van der Waals surface area contributed by atoms with E-state index in [-0.39, 0.29) is 10.8 Å². The lowest BCUT2D eigenvalue weighted by Gasteiger charge is -2.31. The predicted molar refractivity (Wildman–Crippen MR) is 244 cm³/mol. The van der Waals surface area contributed by atoms with Crippen molar-refractivity contribution in [3.05, 3.63) is 198 Å². The highest BCUT2D eigenvalue weighted by atomic mass is 16.3. The van der Waals surface area contributed by atoms with E-state index < -0.39 is 0 Å². The molecule has 58 heavy (non-hydrogen) atoms. The van der Waals surface area contributed by atoms with Crippen molar-refractivity contribution in [1.82, 2.24) is 0 Å². The Bertz CT molecular complexity index is 3240. The Labute approximate surface area is 338 Å². The van der Waals surface area contributed by atoms with E-state index in [1.165, 1.54) is 60.7 Å². The molecule has 0 fully saturated rings. The van der Waals surface area contributed by atoms with Crippen LogP contribution >= 0.6 is 0 Å². The van der Waals surface area contributed by atoms with Crippen LogP contribution in [0.5, 0.6) is 0 Å². The van der Waals surface area contributed by atoms with Crippen molar-refractivity contribution in [2.24, 2.45) is 0 Å². The van der Waals surface area contributed by atoms with Gasteiger partial charge in [-0.05, 0) is 96.6 Å². The van der Waals surface area contributed by atoms with Crippen LogP contribution in [-0.4, -0.2) is 0 Å². The lowest BCUT2D eigenvalue weighted by Crippen LogP contribution is -2.18. The van der Waals surface area contributed by atoms with Crippen molar-refractivity contribution in [1.29, 1.82) is 0 Å². The summed E-state index contributed by atoms with van der Waals surface area (Å²) < 4.78 is 7.42. The van der Waals surface area contributed by atoms with Gasteiger partial charge in [0.25, 0.3) is 0 Å². The van der Waals surface area contributed by atoms with Crippen LogP contribution in [0.25, 0.3) is 76.9 Å². The van der Waals surface area contributed by atoms with E-state index in [1.807, 2.05) is 0 Å². The summed E-state index contributed by atoms with van der Waals surface area (Å²) in [7, 11) is 0. The van der Waals surface area contributed by atoms with Crippen molar-refractivity contribution < 1.29 is 4.42 Å². The Morgan fingerprint density at radius 2 is 0.828 bits per heavy atom. The molecule has 0 unspecified atom stereocenters. The van der Waals surface area contributed by atoms with E-state index in [1.54, 1.807) is 0 Å². The molecule has 0 atom stereocenters. The highest BCUT2D eigenvalue weighted by Gasteiger charge is 2.38. The van der Waals surface area contributed by atoms with Gasteiger partial charge in [0.15, 0.2) is 5.58 Å². The first kappa shape index (κ1) is 33.3. The van der Waals surface area contributed by atoms with Crippen LogP contribution < -0.4 is 4.90 Å². The van der Waals surface area contributed by atoms with Crippen molar-refractivity contribution in [2.75, 3.05) is 4.90 Å². The van der Waals surface area contributed by atoms with E-state index in [4.69, 9.17) is 4.42 Å². The number of furan rings is 1. The molecule has 2 heteroatoms. The summed E-state index contributed by atoms with van der Waals surface area (Å²) in [6.45, 7) is 9.47. The summed E-state index contributed by atoms with van der Waals surface area (Å²) in [5.74, 6) is 0. The van der Waals surface area contributed by atoms with E-state index in [2.05, 4.69) is 209 Å². The summed E-state index contributed by atoms with van der Waals surface area (Å²) in [5, 5.41) is 7.03. The third kappa shape index (κ3) is 4.43. The second-order valence-corrected chi connectivity index (χ2v) is 17.2. The van der Waals surface area contributed by atoms with E-state index >= 15 is 0 Å². The number of rotatable bonds is 4. The van der Waals surface area contributed by atoms with E-state index in [0.717, 1.165) is 55.5 Å². The third-order valence-electron chi connectivity index (χ3n) is 13.4. The van der Waals surface area contributed by atoms with Gasteiger partial charge in [-0.15, -0.1) is 0 Å². The molecule has 1 heterocycles. The molecule has 2 aliphatic rings. The molecule has 0 N–H and O–H groups in total. The van der Waals surface area contributed by atoms with E-state index in [9.17, 15) is 0 Å². The molecule has 276 valence electrons. The zero-order valence-electron chi connectivity index (χ0n) is 33.1. The first-order valence-corrected chi connectivity index (χ1v) is 20.4. The normalized spacial score (nSPS) is 14.5. The maximum absolute atomic E-state index is 7.42. The maximum atomic E-state index is 7.42. The average molecular weight is 744 g/mol. The fraction of sp³-hybridized carbons (Fsp3) is 0.107. The quantitative estimate of drug-likeness (QED) is 0.167. The Morgan fingerprint density at radius 3 is 1.43 bits per heavy atom. The summed E-state index contributed by atoms with van der Waals surface area (Å²) in [5.41, 5.74) is 17.6. The minimum Gasteiger partial charge on any atom is -0.453 e. The van der Waals surface area contributed by atoms with Gasteiger partial charge in [0.2, 0.25) is 0 Å². The second kappa shape index (κ2) is 11.8. The van der Waals surface area contributed by atoms with Gasteiger partial charge in [0.05, 0.1) is 5.69 Å². The molecule has 9 aromatic carbocycles. The molecule has 0 spiro atoms. The molecule has 0 saturated carbocycles. The fourth-order valence-electron chi connectivity index (χ4n) is 10.6. The van der Waals surface area contributed by atoms with Gasteiger partial charge in [0, 0.05) is 43.9 Å². The van der Waals surface area contributed by atoms with Gasteiger partial charge in [-0.3, -0.25) is 0 Å². The standard InChI is InChI=1S/C56H41NO/c1-55(2)47-24-14-12-20-40(47)42-28-26-35(32-49(42)55)57(36-27-29-43-41-21-13-15-25-48(41)56(3,4)50(43)33-36)52-37(34-16-6-5-7-17-34)30-31-46-51-44-22-10-8-18-38(44)39-19-9-11-23-45(39)53(51)58-54(46)52/h5-33H,1-4H3. The molecule has 0 amide bonds. The van der Waals surface area contributed by atoms with Gasteiger partial charge < -0.3 is 9.32 Å². The number of fused-ring (bicyclic) bond motifs is 14. The molecule has 10 aromatic rings. The van der Waals surface area contributed by atoms with Crippen LogP contribution in [-0.2, 0) is 10.8 Å². The van der Waals surface area contributed by atoms with Crippen LogP contribution in [0.1, 0.15) is 49.9 Å². The van der Waals surface area contributed by atoms with Crippen molar-refractivity contribution in [3.63, 3.8) is 0 Å². The number of nitrogens with zero attached hydrogens (tertiary/aromatic N) is 1. The van der Waals surface area contributed by atoms with Gasteiger partial charge in [-0.25, -0.2) is 0 Å². The molecular weight excluding hydrogens is 703 g/mol. The Kier molecular flexibility index (Phi) is 6.78. The number of hydrogen-bond acceptors (Lipinski definition) is 2. The zero-order valence-corrected chi connectivity index (χ0v) is 33.1. The molecule has 2 aliphatic carbocycles. The first-order chi connectivity index (χ1) is 28.3. The molecule has 12 rings (SSSR count). The van der Waals surface area contributed by atoms with Gasteiger partial charge in [0.1, 0.15) is 5.58 Å². The van der Waals surface area contributed by atoms with Gasteiger partial charge in [-0.2, -0.15) is 0 Å². The van der Waals surface area contributed by atoms with Crippen LogP contribution in [0, 0.1) is 0 Å². The van der Waals surface area contributed by atoms with Gasteiger partial charge in [-0.1, -0.05) is 173 Å². The van der Waals surface area contributed by atoms with Crippen molar-refractivity contribution in [3.8, 4) is 33.4 Å². The first-order valence-electron chi connectivity index (χ1n) is 20.4. The third-order valence-corrected chi connectivity index (χ3v) is 13.4.